The third kappa shape index (κ3) is 8.39. The molecule has 0 aliphatic rings. The molecular formula is C26H30F2N6OS. The van der Waals surface area contributed by atoms with Gasteiger partial charge in [-0.3, -0.25) is 4.99 Å². The molecule has 0 aliphatic carbocycles. The lowest BCUT2D eigenvalue weighted by Crippen LogP contribution is -2.21. The molecule has 3 rings (SSSR count). The summed E-state index contributed by atoms with van der Waals surface area (Å²) in [4.78, 5) is 9.77. The van der Waals surface area contributed by atoms with Gasteiger partial charge in [-0.05, 0) is 36.8 Å². The number of alkyl halides is 1. The smallest absolute Gasteiger partial charge is 0.250 e. The van der Waals surface area contributed by atoms with Crippen LogP contribution in [0.3, 0.4) is 0 Å². The van der Waals surface area contributed by atoms with Gasteiger partial charge in [0.25, 0.3) is 5.89 Å². The van der Waals surface area contributed by atoms with E-state index in [0.29, 0.717) is 23.1 Å². The number of hydrogen-bond donors (Lipinski definition) is 2. The fraction of sp³-hybridized carbons (Fsp3) is 0.308. The van der Waals surface area contributed by atoms with Crippen LogP contribution >= 0.6 is 11.8 Å². The van der Waals surface area contributed by atoms with Gasteiger partial charge in [-0.15, -0.1) is 22.0 Å². The Bertz CT molecular complexity index is 1220. The lowest BCUT2D eigenvalue weighted by atomic mass is 10.1. The van der Waals surface area contributed by atoms with Crippen molar-refractivity contribution >= 4 is 23.7 Å². The molecule has 1 unspecified atom stereocenters. The van der Waals surface area contributed by atoms with Gasteiger partial charge < -0.3 is 15.5 Å². The molecule has 0 saturated heterocycles. The van der Waals surface area contributed by atoms with Crippen molar-refractivity contribution < 1.29 is 13.2 Å². The Kier molecular flexibility index (Phi) is 9.89. The Hall–Kier alpha value is -3.37. The molecule has 0 spiro atoms. The molecule has 10 heteroatoms. The standard InChI is InChI=1S/C26H30F2N6OS/c1-16(2)36-21-8-6-20(7-9-21)24(14-31-18(4)29)32-15-25-33-34-26(35-25)22-10-5-19(11-23(22)28)13-30-12-17(3)27/h5-11,14,16-17,30H,4,12-13,15,29H2,1-3H3. The maximum atomic E-state index is 14.7. The number of halogens is 2. The topological polar surface area (TPSA) is 102 Å². The molecule has 0 radical (unpaired) electrons. The SMILES string of the molecule is C=C(N)N=CC(=NCc1nnc(-c2ccc(CNCC(C)F)cc2F)o1)c1ccc(SC(C)C)cc1. The van der Waals surface area contributed by atoms with Crippen molar-refractivity contribution in [1.29, 1.82) is 0 Å². The number of aliphatic imine (C=N–C) groups is 2. The summed E-state index contributed by atoms with van der Waals surface area (Å²) in [7, 11) is 0. The van der Waals surface area contributed by atoms with Crippen molar-refractivity contribution in [2.75, 3.05) is 6.54 Å². The largest absolute Gasteiger partial charge is 0.419 e. The highest BCUT2D eigenvalue weighted by atomic mass is 32.2. The first-order valence-electron chi connectivity index (χ1n) is 11.5. The quantitative estimate of drug-likeness (QED) is 0.252. The van der Waals surface area contributed by atoms with Gasteiger partial charge in [0.1, 0.15) is 24.4 Å². The van der Waals surface area contributed by atoms with Crippen molar-refractivity contribution in [3.8, 4) is 11.5 Å². The number of benzene rings is 2. The Labute approximate surface area is 214 Å². The van der Waals surface area contributed by atoms with Crippen LogP contribution in [0, 0.1) is 5.82 Å². The number of nitrogens with two attached hydrogens (primary N) is 1. The number of rotatable bonds is 12. The number of nitrogens with one attached hydrogen (secondary N) is 1. The third-order valence-corrected chi connectivity index (χ3v) is 5.76. The normalized spacial score (nSPS) is 13.0. The van der Waals surface area contributed by atoms with E-state index in [4.69, 9.17) is 10.2 Å². The molecule has 2 aromatic carbocycles. The fourth-order valence-corrected chi connectivity index (χ4v) is 4.00. The van der Waals surface area contributed by atoms with Crippen molar-refractivity contribution in [2.45, 2.75) is 50.2 Å². The van der Waals surface area contributed by atoms with E-state index in [1.54, 1.807) is 23.9 Å². The van der Waals surface area contributed by atoms with E-state index in [1.807, 2.05) is 24.3 Å². The van der Waals surface area contributed by atoms with Gasteiger partial charge in [-0.2, -0.15) is 0 Å². The van der Waals surface area contributed by atoms with Gasteiger partial charge >= 0.3 is 0 Å². The molecule has 3 N–H and O–H groups in total. The molecule has 0 amide bonds. The van der Waals surface area contributed by atoms with Gasteiger partial charge in [0.05, 0.1) is 17.5 Å². The second-order valence-electron chi connectivity index (χ2n) is 8.37. The van der Waals surface area contributed by atoms with E-state index in [0.717, 1.165) is 10.5 Å². The molecule has 1 heterocycles. The maximum Gasteiger partial charge on any atom is 0.250 e. The van der Waals surface area contributed by atoms with Crippen LogP contribution in [0.4, 0.5) is 8.78 Å². The predicted molar refractivity (Wildman–Crippen MR) is 141 cm³/mol. The molecule has 0 fully saturated rings. The average Bonchev–Trinajstić information content (AvgIpc) is 3.28. The molecule has 0 aliphatic heterocycles. The molecule has 0 bridgehead atoms. The Morgan fingerprint density at radius 3 is 2.58 bits per heavy atom. The highest BCUT2D eigenvalue weighted by Crippen LogP contribution is 2.24. The van der Waals surface area contributed by atoms with Crippen LogP contribution in [0.5, 0.6) is 0 Å². The highest BCUT2D eigenvalue weighted by Gasteiger charge is 2.14. The number of nitrogens with zero attached hydrogens (tertiary/aromatic N) is 4. The zero-order chi connectivity index (χ0) is 26.1. The van der Waals surface area contributed by atoms with Crippen molar-refractivity contribution in [3.05, 3.63) is 77.7 Å². The zero-order valence-electron chi connectivity index (χ0n) is 20.5. The van der Waals surface area contributed by atoms with Crippen molar-refractivity contribution in [1.82, 2.24) is 15.5 Å². The zero-order valence-corrected chi connectivity index (χ0v) is 21.4. The van der Waals surface area contributed by atoms with E-state index in [9.17, 15) is 8.78 Å². The molecule has 7 nitrogen and oxygen atoms in total. The van der Waals surface area contributed by atoms with Gasteiger partial charge in [0.15, 0.2) is 0 Å². The third-order valence-electron chi connectivity index (χ3n) is 4.74. The number of hydrogen-bond acceptors (Lipinski definition) is 8. The molecule has 3 aromatic rings. The predicted octanol–water partition coefficient (Wildman–Crippen LogP) is 5.31. The van der Waals surface area contributed by atoms with E-state index in [2.05, 4.69) is 45.9 Å². The molecule has 190 valence electrons. The summed E-state index contributed by atoms with van der Waals surface area (Å²) in [5.74, 6) is -0.0789. The second-order valence-corrected chi connectivity index (χ2v) is 10.0. The first-order valence-corrected chi connectivity index (χ1v) is 12.3. The van der Waals surface area contributed by atoms with Crippen LogP contribution in [0.2, 0.25) is 0 Å². The Morgan fingerprint density at radius 2 is 1.94 bits per heavy atom. The lowest BCUT2D eigenvalue weighted by Gasteiger charge is -2.07. The molecule has 36 heavy (non-hydrogen) atoms. The molecule has 1 aromatic heterocycles. The summed E-state index contributed by atoms with van der Waals surface area (Å²) in [6.07, 6.45) is 0.554. The van der Waals surface area contributed by atoms with E-state index in [-0.39, 0.29) is 36.3 Å². The fourth-order valence-electron chi connectivity index (χ4n) is 3.16. The summed E-state index contributed by atoms with van der Waals surface area (Å²) in [5.41, 5.74) is 7.86. The molecule has 0 saturated carbocycles. The van der Waals surface area contributed by atoms with Crippen LogP contribution < -0.4 is 11.1 Å². The Morgan fingerprint density at radius 1 is 1.19 bits per heavy atom. The van der Waals surface area contributed by atoms with E-state index < -0.39 is 12.0 Å². The minimum absolute atomic E-state index is 0.0511. The minimum atomic E-state index is -0.974. The van der Waals surface area contributed by atoms with Gasteiger partial charge in [0.2, 0.25) is 5.89 Å². The first-order chi connectivity index (χ1) is 17.2. The maximum absolute atomic E-state index is 14.7. The Balaban J connectivity index is 1.75. The van der Waals surface area contributed by atoms with Crippen LogP contribution in [-0.2, 0) is 13.1 Å². The van der Waals surface area contributed by atoms with Crippen LogP contribution in [0.1, 0.15) is 37.8 Å². The summed E-state index contributed by atoms with van der Waals surface area (Å²) in [6, 6.07) is 12.6. The second kappa shape index (κ2) is 13.1. The minimum Gasteiger partial charge on any atom is -0.419 e. The van der Waals surface area contributed by atoms with E-state index >= 15 is 0 Å². The highest BCUT2D eigenvalue weighted by molar-refractivity contribution is 7.99. The summed E-state index contributed by atoms with van der Waals surface area (Å²) in [5, 5.41) is 11.4. The average molecular weight is 513 g/mol. The van der Waals surface area contributed by atoms with Crippen molar-refractivity contribution in [3.63, 3.8) is 0 Å². The monoisotopic (exact) mass is 512 g/mol. The van der Waals surface area contributed by atoms with Gasteiger partial charge in [-0.25, -0.2) is 13.8 Å². The van der Waals surface area contributed by atoms with Crippen LogP contribution in [0.25, 0.3) is 11.5 Å². The summed E-state index contributed by atoms with van der Waals surface area (Å²) < 4.78 is 33.2. The number of aromatic nitrogens is 2. The van der Waals surface area contributed by atoms with Crippen LogP contribution in [-0.4, -0.2) is 40.1 Å². The van der Waals surface area contributed by atoms with Gasteiger partial charge in [0, 0.05) is 28.8 Å². The lowest BCUT2D eigenvalue weighted by molar-refractivity contribution is 0.344. The van der Waals surface area contributed by atoms with Gasteiger partial charge in [-0.1, -0.05) is 38.6 Å². The number of thioether (sulfide) groups is 1. The van der Waals surface area contributed by atoms with Crippen molar-refractivity contribution in [2.24, 2.45) is 15.7 Å². The van der Waals surface area contributed by atoms with E-state index in [1.165, 1.54) is 19.2 Å². The first kappa shape index (κ1) is 27.2. The molecule has 1 atom stereocenters. The van der Waals surface area contributed by atoms with Crippen LogP contribution in [0.15, 0.2) is 74.2 Å². The molecular weight excluding hydrogens is 482 g/mol. The summed E-state index contributed by atoms with van der Waals surface area (Å²) in [6.45, 7) is 9.94. The summed E-state index contributed by atoms with van der Waals surface area (Å²) >= 11 is 1.76.